The molecule has 0 fully saturated rings. The van der Waals surface area contributed by atoms with E-state index < -0.39 is 35.5 Å². The molecule has 2 aromatic rings. The Balaban J connectivity index is 2.02. The number of carbonyl (C=O) groups excluding carboxylic acids is 2. The summed E-state index contributed by atoms with van der Waals surface area (Å²) < 4.78 is 44.5. The molecule has 1 aromatic carbocycles. The smallest absolute Gasteiger partial charge is 0.435 e. The van der Waals surface area contributed by atoms with Gasteiger partial charge in [-0.2, -0.15) is 18.3 Å². The van der Waals surface area contributed by atoms with Crippen LogP contribution < -0.4 is 16.4 Å². The molecule has 2 amide bonds. The Morgan fingerprint density at radius 3 is 2.47 bits per heavy atom. The van der Waals surface area contributed by atoms with Gasteiger partial charge in [0.15, 0.2) is 5.69 Å². The molecule has 4 N–H and O–H groups in total. The third-order valence-electron chi connectivity index (χ3n) is 3.78. The fourth-order valence-electron chi connectivity index (χ4n) is 2.43. The van der Waals surface area contributed by atoms with Crippen molar-refractivity contribution in [1.29, 1.82) is 0 Å². The molecular formula is C19H24F3N5O3. The molecule has 1 heterocycles. The first-order valence-electron chi connectivity index (χ1n) is 9.05. The van der Waals surface area contributed by atoms with Gasteiger partial charge in [-0.1, -0.05) is 12.1 Å². The van der Waals surface area contributed by atoms with Crippen molar-refractivity contribution in [2.24, 2.45) is 0 Å². The Morgan fingerprint density at radius 2 is 1.90 bits per heavy atom. The maximum Gasteiger partial charge on any atom is 0.435 e. The zero-order chi connectivity index (χ0) is 22.7. The Morgan fingerprint density at radius 1 is 1.23 bits per heavy atom. The first kappa shape index (κ1) is 23.0. The van der Waals surface area contributed by atoms with Crippen LogP contribution in [0.2, 0.25) is 0 Å². The Bertz CT molecular complexity index is 919. The molecular weight excluding hydrogens is 403 g/mol. The summed E-state index contributed by atoms with van der Waals surface area (Å²) in [5, 5.41) is 8.56. The Hall–Kier alpha value is -3.24. The van der Waals surface area contributed by atoms with Crippen LogP contribution in [-0.2, 0) is 22.3 Å². The van der Waals surface area contributed by atoms with E-state index in [1.165, 1.54) is 6.92 Å². The molecule has 0 aliphatic heterocycles. The summed E-state index contributed by atoms with van der Waals surface area (Å²) in [5.74, 6) is -0.622. The summed E-state index contributed by atoms with van der Waals surface area (Å²) in [6.07, 6.45) is -5.33. The van der Waals surface area contributed by atoms with Gasteiger partial charge in [-0.15, -0.1) is 0 Å². The van der Waals surface area contributed by atoms with Crippen molar-refractivity contribution in [2.45, 2.75) is 52.1 Å². The number of anilines is 1. The van der Waals surface area contributed by atoms with E-state index in [0.29, 0.717) is 11.3 Å². The molecule has 0 bridgehead atoms. The van der Waals surface area contributed by atoms with Crippen LogP contribution >= 0.6 is 0 Å². The number of halogens is 3. The first-order chi connectivity index (χ1) is 13.8. The highest BCUT2D eigenvalue weighted by molar-refractivity contribution is 5.85. The van der Waals surface area contributed by atoms with Gasteiger partial charge in [-0.25, -0.2) is 9.48 Å². The number of amides is 2. The highest BCUT2D eigenvalue weighted by Gasteiger charge is 2.34. The monoisotopic (exact) mass is 427 g/mol. The Kier molecular flexibility index (Phi) is 6.63. The number of rotatable bonds is 5. The molecule has 8 nitrogen and oxygen atoms in total. The quantitative estimate of drug-likeness (QED) is 0.679. The summed E-state index contributed by atoms with van der Waals surface area (Å²) in [6.45, 7) is 6.69. The SMILES string of the molecule is CC(NC(=O)OC(C)(C)C)C(=O)NCc1cccc(-n2nc(C(F)(F)F)cc2N)c1. The largest absolute Gasteiger partial charge is 0.444 e. The first-order valence-corrected chi connectivity index (χ1v) is 9.05. The zero-order valence-electron chi connectivity index (χ0n) is 17.0. The van der Waals surface area contributed by atoms with Gasteiger partial charge in [-0.3, -0.25) is 4.79 Å². The lowest BCUT2D eigenvalue weighted by molar-refractivity contribution is -0.141. The maximum atomic E-state index is 12.8. The van der Waals surface area contributed by atoms with E-state index in [1.807, 2.05) is 0 Å². The minimum absolute atomic E-state index is 0.0836. The number of alkyl carbamates (subject to hydrolysis) is 1. The van der Waals surface area contributed by atoms with Gasteiger partial charge in [-0.05, 0) is 45.4 Å². The van der Waals surface area contributed by atoms with E-state index in [-0.39, 0.29) is 12.4 Å². The van der Waals surface area contributed by atoms with Gasteiger partial charge in [0, 0.05) is 12.6 Å². The van der Waals surface area contributed by atoms with Crippen LogP contribution in [-0.4, -0.2) is 33.4 Å². The topological polar surface area (TPSA) is 111 Å². The van der Waals surface area contributed by atoms with Crippen molar-refractivity contribution in [1.82, 2.24) is 20.4 Å². The van der Waals surface area contributed by atoms with Crippen molar-refractivity contribution in [3.05, 3.63) is 41.6 Å². The van der Waals surface area contributed by atoms with Gasteiger partial charge in [0.05, 0.1) is 5.69 Å². The molecule has 0 saturated heterocycles. The summed E-state index contributed by atoms with van der Waals surface area (Å²) in [7, 11) is 0. The molecule has 30 heavy (non-hydrogen) atoms. The van der Waals surface area contributed by atoms with E-state index >= 15 is 0 Å². The summed E-state index contributed by atoms with van der Waals surface area (Å²) >= 11 is 0. The average Bonchev–Trinajstić information content (AvgIpc) is 3.00. The summed E-state index contributed by atoms with van der Waals surface area (Å²) in [5.41, 5.74) is 4.78. The third-order valence-corrected chi connectivity index (χ3v) is 3.78. The zero-order valence-corrected chi connectivity index (χ0v) is 17.0. The molecule has 0 spiro atoms. The van der Waals surface area contributed by atoms with Gasteiger partial charge in [0.2, 0.25) is 5.91 Å². The van der Waals surface area contributed by atoms with Gasteiger partial charge in [0.25, 0.3) is 0 Å². The van der Waals surface area contributed by atoms with Crippen molar-refractivity contribution in [2.75, 3.05) is 5.73 Å². The van der Waals surface area contributed by atoms with Crippen LogP contribution in [0.3, 0.4) is 0 Å². The highest BCUT2D eigenvalue weighted by atomic mass is 19.4. The average molecular weight is 427 g/mol. The molecule has 0 aliphatic rings. The lowest BCUT2D eigenvalue weighted by Crippen LogP contribution is -2.46. The van der Waals surface area contributed by atoms with Crippen LogP contribution in [0.1, 0.15) is 39.0 Å². The number of nitrogens with one attached hydrogen (secondary N) is 2. The van der Waals surface area contributed by atoms with Gasteiger partial charge >= 0.3 is 12.3 Å². The summed E-state index contributed by atoms with van der Waals surface area (Å²) in [6, 6.07) is 6.28. The number of hydrogen-bond donors (Lipinski definition) is 3. The number of aromatic nitrogens is 2. The Labute approximate surface area is 171 Å². The van der Waals surface area contributed by atoms with Crippen LogP contribution in [0.25, 0.3) is 5.69 Å². The third kappa shape index (κ3) is 6.39. The predicted molar refractivity (Wildman–Crippen MR) is 104 cm³/mol. The lowest BCUT2D eigenvalue weighted by Gasteiger charge is -2.21. The number of carbonyl (C=O) groups is 2. The highest BCUT2D eigenvalue weighted by Crippen LogP contribution is 2.30. The minimum atomic E-state index is -4.61. The normalized spacial score (nSPS) is 12.9. The second kappa shape index (κ2) is 8.64. The number of ether oxygens (including phenoxy) is 1. The van der Waals surface area contributed by atoms with Gasteiger partial charge in [0.1, 0.15) is 17.5 Å². The number of alkyl halides is 3. The molecule has 0 aliphatic carbocycles. The number of hydrogen-bond acceptors (Lipinski definition) is 5. The molecule has 2 rings (SSSR count). The fraction of sp³-hybridized carbons (Fsp3) is 0.421. The molecule has 1 atom stereocenters. The van der Waals surface area contributed by atoms with Gasteiger partial charge < -0.3 is 21.1 Å². The van der Waals surface area contributed by atoms with E-state index in [1.54, 1.807) is 45.0 Å². The van der Waals surface area contributed by atoms with Crippen molar-refractivity contribution < 1.29 is 27.5 Å². The lowest BCUT2D eigenvalue weighted by atomic mass is 10.2. The molecule has 1 aromatic heterocycles. The van der Waals surface area contributed by atoms with Crippen molar-refractivity contribution >= 4 is 17.8 Å². The predicted octanol–water partition coefficient (Wildman–Crippen LogP) is 3.00. The number of nitrogen functional groups attached to an aromatic ring is 1. The molecule has 0 radical (unpaired) electrons. The van der Waals surface area contributed by atoms with Crippen LogP contribution in [0.4, 0.5) is 23.8 Å². The van der Waals surface area contributed by atoms with E-state index in [9.17, 15) is 22.8 Å². The van der Waals surface area contributed by atoms with Crippen LogP contribution in [0, 0.1) is 0 Å². The number of benzene rings is 1. The fourth-order valence-corrected chi connectivity index (χ4v) is 2.43. The van der Waals surface area contributed by atoms with E-state index in [0.717, 1.165) is 10.7 Å². The summed E-state index contributed by atoms with van der Waals surface area (Å²) in [4.78, 5) is 23.9. The van der Waals surface area contributed by atoms with Crippen molar-refractivity contribution in [3.63, 3.8) is 0 Å². The molecule has 11 heteroatoms. The second-order valence-corrected chi connectivity index (χ2v) is 7.62. The maximum absolute atomic E-state index is 12.8. The van der Waals surface area contributed by atoms with E-state index in [4.69, 9.17) is 10.5 Å². The second-order valence-electron chi connectivity index (χ2n) is 7.62. The molecule has 164 valence electrons. The van der Waals surface area contributed by atoms with Crippen LogP contribution in [0.5, 0.6) is 0 Å². The molecule has 0 saturated carbocycles. The van der Waals surface area contributed by atoms with Crippen LogP contribution in [0.15, 0.2) is 30.3 Å². The van der Waals surface area contributed by atoms with E-state index in [2.05, 4.69) is 15.7 Å². The number of nitrogens with two attached hydrogens (primary N) is 1. The minimum Gasteiger partial charge on any atom is -0.444 e. The van der Waals surface area contributed by atoms with Crippen molar-refractivity contribution in [3.8, 4) is 5.69 Å². The number of nitrogens with zero attached hydrogens (tertiary/aromatic N) is 2. The molecule has 1 unspecified atom stereocenters. The standard InChI is InChI=1S/C19H24F3N5O3/c1-11(25-17(29)30-18(2,3)4)16(28)24-10-12-6-5-7-13(8-12)27-15(23)9-14(26-27)19(20,21)22/h5-9,11H,10,23H2,1-4H3,(H,24,28)(H,25,29).